The fourth-order valence-electron chi connectivity index (χ4n) is 2.70. The first-order valence-electron chi connectivity index (χ1n) is 7.35. The lowest BCUT2D eigenvalue weighted by Gasteiger charge is -2.27. The van der Waals surface area contributed by atoms with Crippen molar-refractivity contribution in [3.05, 3.63) is 11.7 Å². The molecule has 0 amide bonds. The zero-order valence-electron chi connectivity index (χ0n) is 11.8. The van der Waals surface area contributed by atoms with Crippen molar-refractivity contribution in [1.29, 1.82) is 0 Å². The first-order valence-corrected chi connectivity index (χ1v) is 8.27. The Hall–Kier alpha value is -0.420. The normalized spacial score (nSPS) is 20.4. The van der Waals surface area contributed by atoms with Gasteiger partial charge in [-0.25, -0.2) is 0 Å². The van der Waals surface area contributed by atoms with Crippen molar-refractivity contribution in [3.63, 3.8) is 0 Å². The molecule has 1 aliphatic carbocycles. The second kappa shape index (κ2) is 7.39. The Balaban J connectivity index is 2.11. The van der Waals surface area contributed by atoms with Crippen molar-refractivity contribution in [2.24, 2.45) is 5.92 Å². The minimum absolute atomic E-state index is 0.000596. The summed E-state index contributed by atoms with van der Waals surface area (Å²) in [6, 6.07) is 0. The SMILES string of the molecule is CCOC(c1noc(C(Br)CC)n1)C1CCCCC1. The van der Waals surface area contributed by atoms with E-state index < -0.39 is 0 Å². The van der Waals surface area contributed by atoms with Crippen molar-refractivity contribution in [1.82, 2.24) is 10.1 Å². The Morgan fingerprint density at radius 2 is 2.05 bits per heavy atom. The zero-order chi connectivity index (χ0) is 13.7. The van der Waals surface area contributed by atoms with Crippen LogP contribution < -0.4 is 0 Å². The number of alkyl halides is 1. The van der Waals surface area contributed by atoms with Crippen LogP contribution in [0.5, 0.6) is 0 Å². The van der Waals surface area contributed by atoms with E-state index in [0.29, 0.717) is 18.4 Å². The highest BCUT2D eigenvalue weighted by Gasteiger charge is 2.30. The van der Waals surface area contributed by atoms with Gasteiger partial charge in [0.05, 0.1) is 4.83 Å². The molecule has 2 unspecified atom stereocenters. The van der Waals surface area contributed by atoms with Crippen molar-refractivity contribution in [3.8, 4) is 0 Å². The third-order valence-electron chi connectivity index (χ3n) is 3.76. The second-order valence-electron chi connectivity index (χ2n) is 5.14. The van der Waals surface area contributed by atoms with Crippen LogP contribution in [0.25, 0.3) is 0 Å². The van der Waals surface area contributed by atoms with Gasteiger partial charge in [0.1, 0.15) is 6.10 Å². The van der Waals surface area contributed by atoms with Gasteiger partial charge in [0, 0.05) is 6.61 Å². The Kier molecular flexibility index (Phi) is 5.82. The van der Waals surface area contributed by atoms with Gasteiger partial charge in [-0.1, -0.05) is 47.3 Å². The Labute approximate surface area is 123 Å². The molecule has 0 N–H and O–H groups in total. The molecular weight excluding hydrogens is 308 g/mol. The Bertz CT molecular complexity index is 377. The van der Waals surface area contributed by atoms with E-state index in [2.05, 4.69) is 33.0 Å². The molecule has 0 aromatic carbocycles. The molecule has 4 nitrogen and oxygen atoms in total. The first-order chi connectivity index (χ1) is 9.26. The smallest absolute Gasteiger partial charge is 0.240 e. The van der Waals surface area contributed by atoms with Crippen molar-refractivity contribution < 1.29 is 9.26 Å². The van der Waals surface area contributed by atoms with E-state index in [0.717, 1.165) is 12.2 Å². The average Bonchev–Trinajstić information content (AvgIpc) is 2.94. The summed E-state index contributed by atoms with van der Waals surface area (Å²) >= 11 is 3.55. The molecule has 19 heavy (non-hydrogen) atoms. The third-order valence-corrected chi connectivity index (χ3v) is 4.80. The van der Waals surface area contributed by atoms with Crippen LogP contribution in [0, 0.1) is 5.92 Å². The molecule has 2 rings (SSSR count). The van der Waals surface area contributed by atoms with E-state index in [1.165, 1.54) is 32.1 Å². The Morgan fingerprint density at radius 1 is 1.32 bits per heavy atom. The number of ether oxygens (including phenoxy) is 1. The number of hydrogen-bond acceptors (Lipinski definition) is 4. The number of aromatic nitrogens is 2. The van der Waals surface area contributed by atoms with Gasteiger partial charge in [-0.2, -0.15) is 4.98 Å². The molecule has 1 aromatic heterocycles. The highest BCUT2D eigenvalue weighted by Crippen LogP contribution is 2.36. The van der Waals surface area contributed by atoms with Crippen LogP contribution in [0.2, 0.25) is 0 Å². The maximum Gasteiger partial charge on any atom is 0.240 e. The number of nitrogens with zero attached hydrogens (tertiary/aromatic N) is 2. The molecule has 0 bridgehead atoms. The van der Waals surface area contributed by atoms with Gasteiger partial charge in [-0.15, -0.1) is 0 Å². The average molecular weight is 331 g/mol. The molecule has 0 radical (unpaired) electrons. The van der Waals surface area contributed by atoms with Crippen molar-refractivity contribution >= 4 is 15.9 Å². The van der Waals surface area contributed by atoms with Crippen LogP contribution in [-0.2, 0) is 4.74 Å². The maximum absolute atomic E-state index is 5.89. The summed E-state index contributed by atoms with van der Waals surface area (Å²) in [6.45, 7) is 4.80. The number of rotatable bonds is 6. The maximum atomic E-state index is 5.89. The molecule has 1 fully saturated rings. The summed E-state index contributed by atoms with van der Waals surface area (Å²) in [5, 5.41) is 4.14. The summed E-state index contributed by atoms with van der Waals surface area (Å²) < 4.78 is 11.2. The minimum Gasteiger partial charge on any atom is -0.370 e. The predicted octanol–water partition coefficient (Wildman–Crippen LogP) is 4.57. The first kappa shape index (κ1) is 15.0. The molecule has 1 aromatic rings. The lowest BCUT2D eigenvalue weighted by Crippen LogP contribution is -2.20. The summed E-state index contributed by atoms with van der Waals surface area (Å²) in [6.07, 6.45) is 7.26. The van der Waals surface area contributed by atoms with E-state index >= 15 is 0 Å². The van der Waals surface area contributed by atoms with E-state index in [9.17, 15) is 0 Å². The molecule has 108 valence electrons. The summed E-state index contributed by atoms with van der Waals surface area (Å²) in [5.74, 6) is 1.93. The monoisotopic (exact) mass is 330 g/mol. The quantitative estimate of drug-likeness (QED) is 0.716. The lowest BCUT2D eigenvalue weighted by atomic mass is 9.85. The second-order valence-corrected chi connectivity index (χ2v) is 6.25. The van der Waals surface area contributed by atoms with E-state index in [4.69, 9.17) is 9.26 Å². The van der Waals surface area contributed by atoms with Gasteiger partial charge in [0.15, 0.2) is 0 Å². The summed E-state index contributed by atoms with van der Waals surface area (Å²) in [4.78, 5) is 4.67. The van der Waals surface area contributed by atoms with Gasteiger partial charge in [0.25, 0.3) is 0 Å². The van der Waals surface area contributed by atoms with E-state index in [-0.39, 0.29) is 10.9 Å². The molecule has 5 heteroatoms. The Morgan fingerprint density at radius 3 is 2.68 bits per heavy atom. The zero-order valence-corrected chi connectivity index (χ0v) is 13.4. The standard InChI is InChI=1S/C14H23BrN2O2/c1-3-11(15)14-16-13(17-19-14)12(18-4-2)10-8-6-5-7-9-10/h10-12H,3-9H2,1-2H3. The molecule has 2 atom stereocenters. The molecule has 0 spiro atoms. The van der Waals surface area contributed by atoms with Gasteiger partial charge >= 0.3 is 0 Å². The molecule has 1 aliphatic rings. The predicted molar refractivity (Wildman–Crippen MR) is 77.2 cm³/mol. The molecule has 0 saturated heterocycles. The van der Waals surface area contributed by atoms with Gasteiger partial charge in [-0.3, -0.25) is 0 Å². The third kappa shape index (κ3) is 3.78. The lowest BCUT2D eigenvalue weighted by molar-refractivity contribution is -0.00145. The molecule has 1 heterocycles. The van der Waals surface area contributed by atoms with Crippen molar-refractivity contribution in [2.45, 2.75) is 63.3 Å². The van der Waals surface area contributed by atoms with Crippen LogP contribution in [0.4, 0.5) is 0 Å². The summed E-state index contributed by atoms with van der Waals surface area (Å²) in [7, 11) is 0. The number of hydrogen-bond donors (Lipinski definition) is 0. The summed E-state index contributed by atoms with van der Waals surface area (Å²) in [5.41, 5.74) is 0. The highest BCUT2D eigenvalue weighted by atomic mass is 79.9. The van der Waals surface area contributed by atoms with Crippen molar-refractivity contribution in [2.75, 3.05) is 6.61 Å². The van der Waals surface area contributed by atoms with Crippen LogP contribution in [0.3, 0.4) is 0 Å². The largest absolute Gasteiger partial charge is 0.370 e. The highest BCUT2D eigenvalue weighted by molar-refractivity contribution is 9.09. The van der Waals surface area contributed by atoms with Crippen LogP contribution >= 0.6 is 15.9 Å². The molecule has 1 saturated carbocycles. The molecular formula is C14H23BrN2O2. The van der Waals surface area contributed by atoms with E-state index in [1.54, 1.807) is 0 Å². The van der Waals surface area contributed by atoms with Crippen LogP contribution in [0.1, 0.15) is 75.0 Å². The topological polar surface area (TPSA) is 48.2 Å². The number of halogens is 1. The fourth-order valence-corrected chi connectivity index (χ4v) is 2.89. The minimum atomic E-state index is -0.000596. The van der Waals surface area contributed by atoms with Gasteiger partial charge in [-0.05, 0) is 32.1 Å². The van der Waals surface area contributed by atoms with Crippen LogP contribution in [0.15, 0.2) is 4.52 Å². The molecule has 0 aliphatic heterocycles. The van der Waals surface area contributed by atoms with E-state index in [1.807, 2.05) is 6.92 Å². The van der Waals surface area contributed by atoms with Gasteiger partial charge in [0.2, 0.25) is 11.7 Å². The van der Waals surface area contributed by atoms with Crippen LogP contribution in [-0.4, -0.2) is 16.7 Å². The fraction of sp³-hybridized carbons (Fsp3) is 0.857. The van der Waals surface area contributed by atoms with Gasteiger partial charge < -0.3 is 9.26 Å².